The van der Waals surface area contributed by atoms with Crippen LogP contribution in [0.3, 0.4) is 0 Å². The molecule has 0 aliphatic carbocycles. The molecule has 1 atom stereocenters. The largest absolute Gasteiger partial charge is 0.324 e. The first kappa shape index (κ1) is 12.4. The lowest BCUT2D eigenvalue weighted by atomic mass is 9.82. The first-order valence-corrected chi connectivity index (χ1v) is 5.02. The topological polar surface area (TPSA) is 26.0 Å². The number of rotatable bonds is 3. The third kappa shape index (κ3) is 4.89. The van der Waals surface area contributed by atoms with E-state index in [4.69, 9.17) is 5.73 Å². The highest BCUT2D eigenvalue weighted by Crippen LogP contribution is 2.27. The van der Waals surface area contributed by atoms with Crippen molar-refractivity contribution in [3.63, 3.8) is 0 Å². The minimum Gasteiger partial charge on any atom is -0.324 e. The van der Waals surface area contributed by atoms with Crippen molar-refractivity contribution in [2.45, 2.75) is 47.1 Å². The summed E-state index contributed by atoms with van der Waals surface area (Å²) >= 11 is 0. The van der Waals surface area contributed by atoms with Crippen LogP contribution in [0.4, 0.5) is 0 Å². The van der Waals surface area contributed by atoms with Gasteiger partial charge < -0.3 is 5.73 Å². The van der Waals surface area contributed by atoms with Gasteiger partial charge in [0.15, 0.2) is 0 Å². The van der Waals surface area contributed by atoms with Gasteiger partial charge in [0.05, 0.1) is 0 Å². The lowest BCUT2D eigenvalue weighted by Gasteiger charge is -2.25. The van der Waals surface area contributed by atoms with E-state index < -0.39 is 0 Å². The molecule has 1 unspecified atom stereocenters. The Hall–Kier alpha value is -0.560. The molecule has 0 aliphatic rings. The second-order valence-corrected chi connectivity index (χ2v) is 4.50. The molecule has 0 spiro atoms. The van der Waals surface area contributed by atoms with E-state index >= 15 is 0 Å². The van der Waals surface area contributed by atoms with Crippen molar-refractivity contribution in [1.82, 2.24) is 0 Å². The Kier molecular flexibility index (Phi) is 5.01. The minimum absolute atomic E-state index is 0.140. The van der Waals surface area contributed by atoms with Crippen LogP contribution in [-0.4, -0.2) is 6.04 Å². The molecule has 0 rings (SSSR count). The number of hydrogen-bond donors (Lipinski definition) is 1. The molecular weight excluding hydrogens is 158 g/mol. The molecule has 76 valence electrons. The smallest absolute Gasteiger partial charge is 0.0233 e. The molecule has 0 aromatic heterocycles. The van der Waals surface area contributed by atoms with Gasteiger partial charge in [0.2, 0.25) is 0 Å². The van der Waals surface area contributed by atoms with Gasteiger partial charge in [-0.1, -0.05) is 45.9 Å². The van der Waals surface area contributed by atoms with Crippen LogP contribution in [0.15, 0.2) is 23.8 Å². The van der Waals surface area contributed by atoms with Crippen LogP contribution in [0, 0.1) is 5.41 Å². The van der Waals surface area contributed by atoms with E-state index in [1.807, 2.05) is 6.92 Å². The van der Waals surface area contributed by atoms with E-state index in [-0.39, 0.29) is 11.5 Å². The molecule has 0 aliphatic heterocycles. The molecule has 0 radical (unpaired) electrons. The number of allylic oxidation sites excluding steroid dienone is 3. The van der Waals surface area contributed by atoms with E-state index in [9.17, 15) is 0 Å². The summed E-state index contributed by atoms with van der Waals surface area (Å²) in [5, 5.41) is 0. The van der Waals surface area contributed by atoms with Gasteiger partial charge in [0.25, 0.3) is 0 Å². The zero-order valence-corrected chi connectivity index (χ0v) is 9.59. The molecule has 0 heterocycles. The normalized spacial score (nSPS) is 16.6. The van der Waals surface area contributed by atoms with Crippen molar-refractivity contribution in [3.8, 4) is 0 Å². The molecule has 0 saturated carbocycles. The van der Waals surface area contributed by atoms with Crippen LogP contribution in [0.2, 0.25) is 0 Å². The zero-order chi connectivity index (χ0) is 10.5. The first-order chi connectivity index (χ1) is 5.89. The molecule has 0 fully saturated rings. The van der Waals surface area contributed by atoms with Crippen molar-refractivity contribution >= 4 is 0 Å². The summed E-state index contributed by atoms with van der Waals surface area (Å²) in [6.45, 7) is 10.8. The summed E-state index contributed by atoms with van der Waals surface area (Å²) in [6.07, 6.45) is 7.47. The summed E-state index contributed by atoms with van der Waals surface area (Å²) in [5.41, 5.74) is 7.38. The summed E-state index contributed by atoms with van der Waals surface area (Å²) in [4.78, 5) is 0. The molecule has 0 amide bonds. The molecule has 1 nitrogen and oxygen atoms in total. The lowest BCUT2D eigenvalue weighted by molar-refractivity contribution is 0.469. The molecule has 1 heteroatoms. The van der Waals surface area contributed by atoms with Crippen LogP contribution in [0.25, 0.3) is 0 Å². The molecule has 0 aromatic carbocycles. The second-order valence-electron chi connectivity index (χ2n) is 4.50. The van der Waals surface area contributed by atoms with Crippen molar-refractivity contribution in [2.75, 3.05) is 0 Å². The third-order valence-corrected chi connectivity index (χ3v) is 2.00. The first-order valence-electron chi connectivity index (χ1n) is 5.02. The maximum atomic E-state index is 5.90. The highest BCUT2D eigenvalue weighted by molar-refractivity contribution is 5.22. The van der Waals surface area contributed by atoms with E-state index in [0.29, 0.717) is 0 Å². The molecule has 0 bridgehead atoms. The Labute approximate surface area is 82.7 Å². The van der Waals surface area contributed by atoms with E-state index in [1.54, 1.807) is 0 Å². The SMILES string of the molecule is CC/C=C\C=C(/C(C)N)C(C)(C)C. The summed E-state index contributed by atoms with van der Waals surface area (Å²) in [5.74, 6) is 0. The Morgan fingerprint density at radius 3 is 2.23 bits per heavy atom. The van der Waals surface area contributed by atoms with Gasteiger partial charge in [0, 0.05) is 6.04 Å². The average Bonchev–Trinajstić information content (AvgIpc) is 1.94. The van der Waals surface area contributed by atoms with Crippen molar-refractivity contribution in [1.29, 1.82) is 0 Å². The fourth-order valence-electron chi connectivity index (χ4n) is 1.39. The Morgan fingerprint density at radius 2 is 1.92 bits per heavy atom. The van der Waals surface area contributed by atoms with Gasteiger partial charge in [0.1, 0.15) is 0 Å². The average molecular weight is 181 g/mol. The summed E-state index contributed by atoms with van der Waals surface area (Å²) in [7, 11) is 0. The Balaban J connectivity index is 4.62. The number of hydrogen-bond acceptors (Lipinski definition) is 1. The van der Waals surface area contributed by atoms with Crippen LogP contribution in [-0.2, 0) is 0 Å². The van der Waals surface area contributed by atoms with Gasteiger partial charge in [-0.2, -0.15) is 0 Å². The molecule has 0 saturated heterocycles. The molecule has 0 aromatic rings. The predicted molar refractivity (Wildman–Crippen MR) is 60.6 cm³/mol. The zero-order valence-electron chi connectivity index (χ0n) is 9.59. The van der Waals surface area contributed by atoms with Crippen molar-refractivity contribution in [2.24, 2.45) is 11.1 Å². The monoisotopic (exact) mass is 181 g/mol. The van der Waals surface area contributed by atoms with Gasteiger partial charge >= 0.3 is 0 Å². The standard InChI is InChI=1S/C12H23N/c1-6-7-8-9-11(10(2)13)12(3,4)5/h7-10H,6,13H2,1-5H3/b8-7-,11-9+. The maximum Gasteiger partial charge on any atom is 0.0233 e. The van der Waals surface area contributed by atoms with Crippen LogP contribution in [0.1, 0.15) is 41.0 Å². The second kappa shape index (κ2) is 5.23. The van der Waals surface area contributed by atoms with Crippen LogP contribution in [0.5, 0.6) is 0 Å². The summed E-state index contributed by atoms with van der Waals surface area (Å²) in [6, 6.07) is 0.140. The lowest BCUT2D eigenvalue weighted by Crippen LogP contribution is -2.26. The fraction of sp³-hybridized carbons (Fsp3) is 0.667. The van der Waals surface area contributed by atoms with Crippen LogP contribution < -0.4 is 5.73 Å². The highest BCUT2D eigenvalue weighted by Gasteiger charge is 2.18. The summed E-state index contributed by atoms with van der Waals surface area (Å²) < 4.78 is 0. The highest BCUT2D eigenvalue weighted by atomic mass is 14.6. The Bertz CT molecular complexity index is 192. The molecule has 2 N–H and O–H groups in total. The third-order valence-electron chi connectivity index (χ3n) is 2.00. The van der Waals surface area contributed by atoms with Gasteiger partial charge in [-0.15, -0.1) is 0 Å². The molecule has 13 heavy (non-hydrogen) atoms. The van der Waals surface area contributed by atoms with Gasteiger partial charge in [-0.05, 0) is 24.3 Å². The predicted octanol–water partition coefficient (Wildman–Crippen LogP) is 3.27. The quantitative estimate of drug-likeness (QED) is 0.664. The Morgan fingerprint density at radius 1 is 1.38 bits per heavy atom. The van der Waals surface area contributed by atoms with E-state index in [2.05, 4.69) is 45.9 Å². The van der Waals surface area contributed by atoms with Crippen molar-refractivity contribution < 1.29 is 0 Å². The van der Waals surface area contributed by atoms with Crippen molar-refractivity contribution in [3.05, 3.63) is 23.8 Å². The number of nitrogens with two attached hydrogens (primary N) is 1. The van der Waals surface area contributed by atoms with Gasteiger partial charge in [-0.3, -0.25) is 0 Å². The van der Waals surface area contributed by atoms with E-state index in [0.717, 1.165) is 6.42 Å². The van der Waals surface area contributed by atoms with Gasteiger partial charge in [-0.25, -0.2) is 0 Å². The van der Waals surface area contributed by atoms with Crippen LogP contribution >= 0.6 is 0 Å². The minimum atomic E-state index is 0.140. The molecular formula is C12H23N. The fourth-order valence-corrected chi connectivity index (χ4v) is 1.39. The van der Waals surface area contributed by atoms with E-state index in [1.165, 1.54) is 5.57 Å². The maximum absolute atomic E-state index is 5.90.